The molecular formula is C17H24N6O. The number of piperazine rings is 1. The van der Waals surface area contributed by atoms with Gasteiger partial charge < -0.3 is 10.2 Å². The summed E-state index contributed by atoms with van der Waals surface area (Å²) in [5, 5.41) is 7.16. The Morgan fingerprint density at radius 2 is 2.08 bits per heavy atom. The van der Waals surface area contributed by atoms with Gasteiger partial charge in [0.1, 0.15) is 0 Å². The number of carbonyl (C=O) groups is 1. The Morgan fingerprint density at radius 3 is 2.79 bits per heavy atom. The predicted octanol–water partition coefficient (Wildman–Crippen LogP) is 2.04. The summed E-state index contributed by atoms with van der Waals surface area (Å²) in [7, 11) is 0. The molecule has 3 heterocycles. The number of carbonyl (C=O) groups excluding carboxylic acids is 1. The zero-order valence-corrected chi connectivity index (χ0v) is 14.1. The van der Waals surface area contributed by atoms with E-state index in [1.165, 1.54) is 0 Å². The first kappa shape index (κ1) is 16.4. The molecule has 0 aliphatic carbocycles. The van der Waals surface area contributed by atoms with Crippen LogP contribution < -0.4 is 5.32 Å². The molecule has 0 unspecified atom stereocenters. The zero-order valence-electron chi connectivity index (χ0n) is 14.1. The van der Waals surface area contributed by atoms with Gasteiger partial charge in [-0.25, -0.2) is 4.79 Å². The molecule has 7 heteroatoms. The van der Waals surface area contributed by atoms with Crippen LogP contribution in [0.25, 0.3) is 0 Å². The number of hydrogen-bond donors (Lipinski definition) is 1. The largest absolute Gasteiger partial charge is 0.322 e. The second-order valence-corrected chi connectivity index (χ2v) is 6.01. The molecule has 0 atom stereocenters. The topological polar surface area (TPSA) is 66.3 Å². The molecule has 0 spiro atoms. The highest BCUT2D eigenvalue weighted by Gasteiger charge is 2.21. The molecule has 2 amide bonds. The van der Waals surface area contributed by atoms with Crippen molar-refractivity contribution in [2.75, 3.05) is 31.5 Å². The Balaban J connectivity index is 1.46. The quantitative estimate of drug-likeness (QED) is 0.912. The third-order valence-corrected chi connectivity index (χ3v) is 4.11. The van der Waals surface area contributed by atoms with Crippen LogP contribution in [-0.2, 0) is 13.1 Å². The van der Waals surface area contributed by atoms with Crippen LogP contribution in [0.4, 0.5) is 10.5 Å². The van der Waals surface area contributed by atoms with Crippen molar-refractivity contribution >= 4 is 11.7 Å². The predicted molar refractivity (Wildman–Crippen MR) is 92.6 cm³/mol. The monoisotopic (exact) mass is 328 g/mol. The number of hydrogen-bond acceptors (Lipinski definition) is 4. The van der Waals surface area contributed by atoms with E-state index in [-0.39, 0.29) is 6.03 Å². The first-order chi connectivity index (χ1) is 11.7. The number of urea groups is 1. The number of nitrogens with zero attached hydrogens (tertiary/aromatic N) is 5. The molecule has 128 valence electrons. The molecule has 1 aliphatic rings. The number of amides is 2. The van der Waals surface area contributed by atoms with Gasteiger partial charge in [-0.05, 0) is 18.6 Å². The van der Waals surface area contributed by atoms with E-state index >= 15 is 0 Å². The molecule has 2 aromatic rings. The Hall–Kier alpha value is -2.41. The van der Waals surface area contributed by atoms with Crippen molar-refractivity contribution < 1.29 is 4.79 Å². The smallest absolute Gasteiger partial charge is 0.322 e. The lowest BCUT2D eigenvalue weighted by molar-refractivity contribution is 0.142. The fourth-order valence-electron chi connectivity index (χ4n) is 2.81. The highest BCUT2D eigenvalue weighted by Crippen LogP contribution is 2.10. The van der Waals surface area contributed by atoms with Gasteiger partial charge in [0.25, 0.3) is 0 Å². The Labute approximate surface area is 142 Å². The van der Waals surface area contributed by atoms with Crippen molar-refractivity contribution in [3.05, 3.63) is 42.5 Å². The average Bonchev–Trinajstić information content (AvgIpc) is 3.04. The van der Waals surface area contributed by atoms with Crippen LogP contribution in [-0.4, -0.2) is 56.8 Å². The van der Waals surface area contributed by atoms with E-state index in [2.05, 4.69) is 27.2 Å². The maximum Gasteiger partial charge on any atom is 0.322 e. The number of nitrogens with one attached hydrogen (secondary N) is 1. The van der Waals surface area contributed by atoms with Crippen molar-refractivity contribution in [2.45, 2.75) is 26.4 Å². The summed E-state index contributed by atoms with van der Waals surface area (Å²) in [4.78, 5) is 20.9. The Kier molecular flexibility index (Phi) is 5.43. The molecule has 7 nitrogen and oxygen atoms in total. The lowest BCUT2D eigenvalue weighted by Gasteiger charge is -2.34. The zero-order chi connectivity index (χ0) is 16.8. The summed E-state index contributed by atoms with van der Waals surface area (Å²) in [5.74, 6) is 0. The number of aryl methyl sites for hydroxylation is 1. The van der Waals surface area contributed by atoms with Crippen LogP contribution in [0.2, 0.25) is 0 Å². The molecule has 1 N–H and O–H groups in total. The molecule has 0 aromatic carbocycles. The van der Waals surface area contributed by atoms with E-state index in [9.17, 15) is 4.79 Å². The summed E-state index contributed by atoms with van der Waals surface area (Å²) in [6, 6.07) is 5.91. The average molecular weight is 328 g/mol. The standard InChI is InChI=1S/C17H24N6O/c1-2-7-23-14-16(12-19-23)20-17(24)22-10-8-21(9-11-22)13-15-5-3-4-6-18-15/h3-6,12,14H,2,7-11,13H2,1H3,(H,20,24). The third kappa shape index (κ3) is 4.32. The minimum Gasteiger partial charge on any atom is -0.322 e. The van der Waals surface area contributed by atoms with Gasteiger partial charge in [0.15, 0.2) is 0 Å². The Morgan fingerprint density at radius 1 is 1.25 bits per heavy atom. The summed E-state index contributed by atoms with van der Waals surface area (Å²) < 4.78 is 1.85. The summed E-state index contributed by atoms with van der Waals surface area (Å²) in [6.45, 7) is 6.97. The van der Waals surface area contributed by atoms with E-state index in [1.807, 2.05) is 40.2 Å². The number of anilines is 1. The summed E-state index contributed by atoms with van der Waals surface area (Å²) in [6.07, 6.45) is 6.41. The number of pyridine rings is 1. The number of aromatic nitrogens is 3. The highest BCUT2D eigenvalue weighted by atomic mass is 16.2. The van der Waals surface area contributed by atoms with Gasteiger partial charge in [0, 0.05) is 51.7 Å². The maximum atomic E-state index is 12.3. The SMILES string of the molecule is CCCn1cc(NC(=O)N2CCN(Cc3ccccn3)CC2)cn1. The molecule has 1 saturated heterocycles. The van der Waals surface area contributed by atoms with Crippen LogP contribution >= 0.6 is 0 Å². The lowest BCUT2D eigenvalue weighted by atomic mass is 10.3. The van der Waals surface area contributed by atoms with Crippen molar-refractivity contribution in [3.63, 3.8) is 0 Å². The van der Waals surface area contributed by atoms with Crippen LogP contribution in [0.15, 0.2) is 36.8 Å². The first-order valence-electron chi connectivity index (χ1n) is 8.45. The minimum absolute atomic E-state index is 0.0523. The van der Waals surface area contributed by atoms with E-state index < -0.39 is 0 Å². The normalized spacial score (nSPS) is 15.5. The fraction of sp³-hybridized carbons (Fsp3) is 0.471. The molecule has 0 saturated carbocycles. The highest BCUT2D eigenvalue weighted by molar-refractivity contribution is 5.89. The molecule has 0 bridgehead atoms. The van der Waals surface area contributed by atoms with Gasteiger partial charge in [0.05, 0.1) is 17.6 Å². The van der Waals surface area contributed by atoms with Crippen LogP contribution in [0.1, 0.15) is 19.0 Å². The van der Waals surface area contributed by atoms with Gasteiger partial charge >= 0.3 is 6.03 Å². The van der Waals surface area contributed by atoms with Crippen molar-refractivity contribution in [1.29, 1.82) is 0 Å². The second-order valence-electron chi connectivity index (χ2n) is 6.01. The minimum atomic E-state index is -0.0523. The van der Waals surface area contributed by atoms with Crippen LogP contribution in [0.3, 0.4) is 0 Å². The van der Waals surface area contributed by atoms with Gasteiger partial charge in [-0.1, -0.05) is 13.0 Å². The summed E-state index contributed by atoms with van der Waals surface area (Å²) in [5.41, 5.74) is 1.82. The van der Waals surface area contributed by atoms with E-state index in [0.717, 1.165) is 57.1 Å². The van der Waals surface area contributed by atoms with Crippen LogP contribution in [0.5, 0.6) is 0 Å². The molecular weight excluding hydrogens is 304 g/mol. The number of rotatable bonds is 5. The Bertz CT molecular complexity index is 648. The van der Waals surface area contributed by atoms with Gasteiger partial charge in [-0.3, -0.25) is 14.6 Å². The van der Waals surface area contributed by atoms with E-state index in [0.29, 0.717) is 0 Å². The second kappa shape index (κ2) is 7.92. The van der Waals surface area contributed by atoms with Crippen molar-refractivity contribution in [1.82, 2.24) is 24.6 Å². The van der Waals surface area contributed by atoms with Gasteiger partial charge in [-0.15, -0.1) is 0 Å². The van der Waals surface area contributed by atoms with E-state index in [1.54, 1.807) is 6.20 Å². The molecule has 1 aliphatic heterocycles. The third-order valence-electron chi connectivity index (χ3n) is 4.11. The molecule has 3 rings (SSSR count). The van der Waals surface area contributed by atoms with Gasteiger partial charge in [0.2, 0.25) is 0 Å². The maximum absolute atomic E-state index is 12.3. The van der Waals surface area contributed by atoms with Crippen LogP contribution in [0, 0.1) is 0 Å². The fourth-order valence-corrected chi connectivity index (χ4v) is 2.81. The van der Waals surface area contributed by atoms with E-state index in [4.69, 9.17) is 0 Å². The molecule has 0 radical (unpaired) electrons. The van der Waals surface area contributed by atoms with Gasteiger partial charge in [-0.2, -0.15) is 5.10 Å². The van der Waals surface area contributed by atoms with Crippen molar-refractivity contribution in [2.24, 2.45) is 0 Å². The van der Waals surface area contributed by atoms with Crippen molar-refractivity contribution in [3.8, 4) is 0 Å². The molecule has 1 fully saturated rings. The lowest BCUT2D eigenvalue weighted by Crippen LogP contribution is -2.49. The molecule has 24 heavy (non-hydrogen) atoms. The first-order valence-corrected chi connectivity index (χ1v) is 8.45. The molecule has 2 aromatic heterocycles. The summed E-state index contributed by atoms with van der Waals surface area (Å²) >= 11 is 0.